The summed E-state index contributed by atoms with van der Waals surface area (Å²) in [5.74, 6) is 0. The highest BCUT2D eigenvalue weighted by atomic mass is 127. The van der Waals surface area contributed by atoms with Gasteiger partial charge in [0.2, 0.25) is 0 Å². The Labute approximate surface area is 94.0 Å². The molecule has 3 N–H and O–H groups in total. The zero-order valence-electron chi connectivity index (χ0n) is 6.80. The predicted molar refractivity (Wildman–Crippen MR) is 59.5 cm³/mol. The number of hydrogen-bond donors (Lipinski definition) is 1. The van der Waals surface area contributed by atoms with E-state index >= 15 is 0 Å². The number of quaternary nitrogens is 1. The maximum absolute atomic E-state index is 6.00. The smallest absolute Gasteiger partial charge is 0.121 e. The van der Waals surface area contributed by atoms with E-state index in [0.717, 1.165) is 19.8 Å². The SMILES string of the molecule is [NH3+]Cc1ncn2ccc(Cl)c(I)c12. The molecule has 0 fully saturated rings. The number of imidazole rings is 1. The van der Waals surface area contributed by atoms with Crippen LogP contribution < -0.4 is 5.73 Å². The highest BCUT2D eigenvalue weighted by Crippen LogP contribution is 2.24. The molecule has 2 aromatic rings. The van der Waals surface area contributed by atoms with E-state index in [-0.39, 0.29) is 0 Å². The Balaban J connectivity index is 2.85. The lowest BCUT2D eigenvalue weighted by Gasteiger charge is -2.00. The third kappa shape index (κ3) is 1.43. The molecule has 2 heterocycles. The van der Waals surface area contributed by atoms with Crippen molar-refractivity contribution in [1.29, 1.82) is 0 Å². The summed E-state index contributed by atoms with van der Waals surface area (Å²) in [6, 6.07) is 1.87. The minimum atomic E-state index is 0.687. The minimum Gasteiger partial charge on any atom is -0.352 e. The van der Waals surface area contributed by atoms with Crippen molar-refractivity contribution in [2.75, 3.05) is 0 Å². The van der Waals surface area contributed by atoms with E-state index in [2.05, 4.69) is 33.3 Å². The van der Waals surface area contributed by atoms with Gasteiger partial charge in [-0.3, -0.25) is 0 Å². The van der Waals surface area contributed by atoms with Crippen LogP contribution in [0.15, 0.2) is 18.6 Å². The van der Waals surface area contributed by atoms with Crippen molar-refractivity contribution in [2.45, 2.75) is 6.54 Å². The molecular weight excluding hydrogens is 300 g/mol. The van der Waals surface area contributed by atoms with Gasteiger partial charge in [0.05, 0.1) is 20.4 Å². The summed E-state index contributed by atoms with van der Waals surface area (Å²) in [6.45, 7) is 0.687. The molecule has 0 radical (unpaired) electrons. The fraction of sp³-hybridized carbons (Fsp3) is 0.125. The van der Waals surface area contributed by atoms with Gasteiger partial charge in [-0.1, -0.05) is 11.6 Å². The van der Waals surface area contributed by atoms with E-state index < -0.39 is 0 Å². The van der Waals surface area contributed by atoms with Crippen LogP contribution in [0.4, 0.5) is 0 Å². The first-order chi connectivity index (χ1) is 6.24. The second-order valence-electron chi connectivity index (χ2n) is 2.67. The highest BCUT2D eigenvalue weighted by molar-refractivity contribution is 14.1. The molecule has 2 rings (SSSR count). The molecule has 0 aliphatic rings. The normalized spacial score (nSPS) is 11.0. The van der Waals surface area contributed by atoms with Crippen molar-refractivity contribution in [3.63, 3.8) is 0 Å². The molecule has 0 atom stereocenters. The molecule has 0 saturated carbocycles. The zero-order chi connectivity index (χ0) is 9.42. The van der Waals surface area contributed by atoms with E-state index in [9.17, 15) is 0 Å². The monoisotopic (exact) mass is 308 g/mol. The molecule has 5 heteroatoms. The lowest BCUT2D eigenvalue weighted by Crippen LogP contribution is -2.47. The van der Waals surface area contributed by atoms with Crippen LogP contribution in [0.5, 0.6) is 0 Å². The molecule has 0 unspecified atom stereocenters. The van der Waals surface area contributed by atoms with Crippen molar-refractivity contribution in [3.05, 3.63) is 32.9 Å². The molecule has 0 spiro atoms. The fourth-order valence-electron chi connectivity index (χ4n) is 1.27. The summed E-state index contributed by atoms with van der Waals surface area (Å²) in [5, 5.41) is 0.767. The van der Waals surface area contributed by atoms with Gasteiger partial charge in [0.25, 0.3) is 0 Å². The van der Waals surface area contributed by atoms with Gasteiger partial charge >= 0.3 is 0 Å². The largest absolute Gasteiger partial charge is 0.352 e. The third-order valence-electron chi connectivity index (χ3n) is 1.91. The number of halogens is 2. The molecule has 68 valence electrons. The van der Waals surface area contributed by atoms with E-state index in [1.54, 1.807) is 6.33 Å². The van der Waals surface area contributed by atoms with Crippen LogP contribution in [0.3, 0.4) is 0 Å². The van der Waals surface area contributed by atoms with Gasteiger partial charge in [-0.15, -0.1) is 0 Å². The number of rotatable bonds is 1. The lowest BCUT2D eigenvalue weighted by atomic mass is 10.3. The molecule has 0 bridgehead atoms. The van der Waals surface area contributed by atoms with Gasteiger partial charge in [0, 0.05) is 6.20 Å². The summed E-state index contributed by atoms with van der Waals surface area (Å²) in [7, 11) is 0. The maximum atomic E-state index is 6.00. The van der Waals surface area contributed by atoms with Crippen LogP contribution in [0.25, 0.3) is 5.52 Å². The molecule has 0 aromatic carbocycles. The van der Waals surface area contributed by atoms with Crippen LogP contribution in [0.2, 0.25) is 5.02 Å². The predicted octanol–water partition coefficient (Wildman–Crippen LogP) is 1.33. The van der Waals surface area contributed by atoms with Gasteiger partial charge < -0.3 is 10.1 Å². The summed E-state index contributed by atoms with van der Waals surface area (Å²) in [6.07, 6.45) is 3.69. The molecule has 0 saturated heterocycles. The Kier molecular flexibility index (Phi) is 2.44. The minimum absolute atomic E-state index is 0.687. The van der Waals surface area contributed by atoms with Crippen molar-refractivity contribution >= 4 is 39.7 Å². The number of pyridine rings is 1. The third-order valence-corrected chi connectivity index (χ3v) is 3.63. The van der Waals surface area contributed by atoms with Gasteiger partial charge in [-0.2, -0.15) is 0 Å². The number of aromatic nitrogens is 2. The van der Waals surface area contributed by atoms with Gasteiger partial charge in [-0.25, -0.2) is 4.98 Å². The molecule has 3 nitrogen and oxygen atoms in total. The number of hydrogen-bond acceptors (Lipinski definition) is 1. The summed E-state index contributed by atoms with van der Waals surface area (Å²) < 4.78 is 3.01. The molecule has 0 aliphatic heterocycles. The Morgan fingerprint density at radius 2 is 2.38 bits per heavy atom. The molecular formula is C8H8ClIN3+. The average molecular weight is 309 g/mol. The van der Waals surface area contributed by atoms with Crippen molar-refractivity contribution < 1.29 is 5.73 Å². The number of fused-ring (bicyclic) bond motifs is 1. The molecule has 0 amide bonds. The molecule has 13 heavy (non-hydrogen) atoms. The van der Waals surface area contributed by atoms with Crippen molar-refractivity contribution in [3.8, 4) is 0 Å². The van der Waals surface area contributed by atoms with E-state index in [0.29, 0.717) is 6.54 Å². The first-order valence-corrected chi connectivity index (χ1v) is 5.28. The van der Waals surface area contributed by atoms with Crippen molar-refractivity contribution in [1.82, 2.24) is 9.38 Å². The Hall–Kier alpha value is -0.330. The van der Waals surface area contributed by atoms with Gasteiger partial charge in [0.15, 0.2) is 0 Å². The first-order valence-electron chi connectivity index (χ1n) is 3.83. The van der Waals surface area contributed by atoms with E-state index in [4.69, 9.17) is 11.6 Å². The van der Waals surface area contributed by atoms with E-state index in [1.165, 1.54) is 0 Å². The second kappa shape index (κ2) is 3.43. The Morgan fingerprint density at radius 1 is 1.62 bits per heavy atom. The maximum Gasteiger partial charge on any atom is 0.121 e. The van der Waals surface area contributed by atoms with Crippen molar-refractivity contribution in [2.24, 2.45) is 0 Å². The zero-order valence-corrected chi connectivity index (χ0v) is 9.71. The van der Waals surface area contributed by atoms with Crippen LogP contribution in [-0.4, -0.2) is 9.38 Å². The Bertz CT molecular complexity index is 452. The van der Waals surface area contributed by atoms with Crippen LogP contribution in [-0.2, 0) is 6.54 Å². The highest BCUT2D eigenvalue weighted by Gasteiger charge is 2.09. The van der Waals surface area contributed by atoms with E-state index in [1.807, 2.05) is 16.7 Å². The Morgan fingerprint density at radius 3 is 3.08 bits per heavy atom. The summed E-state index contributed by atoms with van der Waals surface area (Å²) >= 11 is 8.23. The van der Waals surface area contributed by atoms with Crippen LogP contribution >= 0.6 is 34.2 Å². The summed E-state index contributed by atoms with van der Waals surface area (Å²) in [5.41, 5.74) is 5.89. The second-order valence-corrected chi connectivity index (χ2v) is 4.16. The van der Waals surface area contributed by atoms with Gasteiger partial charge in [-0.05, 0) is 28.7 Å². The quantitative estimate of drug-likeness (QED) is 0.794. The van der Waals surface area contributed by atoms with Crippen LogP contribution in [0.1, 0.15) is 5.69 Å². The standard InChI is InChI=1S/C8H7ClIN3/c9-5-1-2-13-4-12-6(3-11)8(13)7(5)10/h1-2,4H,3,11H2/p+1. The lowest BCUT2D eigenvalue weighted by molar-refractivity contribution is -0.387. The topological polar surface area (TPSA) is 44.9 Å². The first kappa shape index (κ1) is 9.23. The fourth-order valence-corrected chi connectivity index (χ4v) is 2.18. The van der Waals surface area contributed by atoms with Gasteiger partial charge in [0.1, 0.15) is 12.2 Å². The molecule has 0 aliphatic carbocycles. The number of nitrogens with zero attached hydrogens (tertiary/aromatic N) is 2. The average Bonchev–Trinajstić information content (AvgIpc) is 2.55. The molecule has 2 aromatic heterocycles. The summed E-state index contributed by atoms with van der Waals surface area (Å²) in [4.78, 5) is 4.25. The van der Waals surface area contributed by atoms with Crippen LogP contribution in [0, 0.1) is 3.57 Å².